The maximum atomic E-state index is 6.14. The van der Waals surface area contributed by atoms with Gasteiger partial charge in [0, 0.05) is 31.1 Å². The molecule has 5 nitrogen and oxygen atoms in total. The monoisotopic (exact) mass is 422 g/mol. The van der Waals surface area contributed by atoms with E-state index in [0.717, 1.165) is 36.7 Å². The smallest absolute Gasteiger partial charge is 0.160 e. The Balaban J connectivity index is 1.56. The number of anilines is 1. The Kier molecular flexibility index (Phi) is 5.59. The number of thioether (sulfide) groups is 1. The number of pyridine rings is 1. The molecule has 30 heavy (non-hydrogen) atoms. The zero-order valence-electron chi connectivity index (χ0n) is 17.8. The van der Waals surface area contributed by atoms with Crippen LogP contribution in [-0.2, 0) is 0 Å². The number of fused-ring (bicyclic) bond motifs is 1. The third-order valence-electron chi connectivity index (χ3n) is 6.40. The summed E-state index contributed by atoms with van der Waals surface area (Å²) >= 11 is 1.89. The summed E-state index contributed by atoms with van der Waals surface area (Å²) < 4.78 is 6.14. The topological polar surface area (TPSA) is 41.0 Å². The van der Waals surface area contributed by atoms with Crippen LogP contribution in [0.15, 0.2) is 47.6 Å². The number of amidine groups is 1. The Morgan fingerprint density at radius 2 is 2.00 bits per heavy atom. The minimum Gasteiger partial charge on any atom is -0.492 e. The molecule has 0 N–H and O–H groups in total. The van der Waals surface area contributed by atoms with E-state index in [9.17, 15) is 0 Å². The van der Waals surface area contributed by atoms with Gasteiger partial charge in [0.25, 0.3) is 0 Å². The van der Waals surface area contributed by atoms with Crippen molar-refractivity contribution in [2.45, 2.75) is 51.2 Å². The van der Waals surface area contributed by atoms with Crippen LogP contribution in [0.2, 0.25) is 0 Å². The molecule has 158 valence electrons. The minimum absolute atomic E-state index is 0.0233. The molecular formula is C24H30N4OS. The molecule has 4 heterocycles. The molecule has 1 aromatic heterocycles. The van der Waals surface area contributed by atoms with Gasteiger partial charge in [0.15, 0.2) is 5.17 Å². The van der Waals surface area contributed by atoms with Gasteiger partial charge in [0.05, 0.1) is 24.0 Å². The van der Waals surface area contributed by atoms with Crippen molar-refractivity contribution in [2.75, 3.05) is 30.3 Å². The normalized spacial score (nSPS) is 25.5. The summed E-state index contributed by atoms with van der Waals surface area (Å²) in [6.45, 7) is 7.26. The lowest BCUT2D eigenvalue weighted by Gasteiger charge is -2.32. The number of ether oxygens (including phenoxy) is 1. The van der Waals surface area contributed by atoms with Gasteiger partial charge in [-0.3, -0.25) is 9.98 Å². The Labute approximate surface area is 183 Å². The highest BCUT2D eigenvalue weighted by Crippen LogP contribution is 2.49. The molecule has 2 aromatic rings. The second kappa shape index (κ2) is 8.50. The molecule has 0 spiro atoms. The highest BCUT2D eigenvalue weighted by molar-refractivity contribution is 8.14. The van der Waals surface area contributed by atoms with Crippen molar-refractivity contribution in [2.24, 2.45) is 4.99 Å². The molecule has 2 fully saturated rings. The van der Waals surface area contributed by atoms with Crippen molar-refractivity contribution in [3.05, 3.63) is 53.9 Å². The number of hydrogen-bond acceptors (Lipinski definition) is 6. The van der Waals surface area contributed by atoms with E-state index in [1.807, 2.05) is 24.0 Å². The first-order valence-electron chi connectivity index (χ1n) is 11.2. The van der Waals surface area contributed by atoms with Crippen molar-refractivity contribution in [1.29, 1.82) is 0 Å². The van der Waals surface area contributed by atoms with Crippen LogP contribution in [0.1, 0.15) is 56.5 Å². The minimum atomic E-state index is 0.0233. The molecule has 0 radical (unpaired) electrons. The summed E-state index contributed by atoms with van der Waals surface area (Å²) in [4.78, 5) is 14.8. The number of rotatable bonds is 6. The third-order valence-corrected chi connectivity index (χ3v) is 7.53. The summed E-state index contributed by atoms with van der Waals surface area (Å²) in [7, 11) is 0. The Morgan fingerprint density at radius 1 is 1.13 bits per heavy atom. The van der Waals surface area contributed by atoms with Crippen LogP contribution in [0.25, 0.3) is 0 Å². The van der Waals surface area contributed by atoms with E-state index in [0.29, 0.717) is 12.6 Å². The Hall–Kier alpha value is -2.21. The number of nitrogens with zero attached hydrogens (tertiary/aromatic N) is 4. The van der Waals surface area contributed by atoms with Gasteiger partial charge in [-0.05, 0) is 56.0 Å². The lowest BCUT2D eigenvalue weighted by Crippen LogP contribution is -2.35. The molecule has 0 amide bonds. The number of aliphatic imine (C=N–C) groups is 1. The van der Waals surface area contributed by atoms with E-state index in [1.54, 1.807) is 0 Å². The van der Waals surface area contributed by atoms with E-state index >= 15 is 0 Å². The van der Waals surface area contributed by atoms with Crippen LogP contribution in [-0.4, -0.2) is 46.5 Å². The van der Waals surface area contributed by atoms with Crippen molar-refractivity contribution in [3.8, 4) is 5.75 Å². The average Bonchev–Trinajstić information content (AvgIpc) is 3.51. The van der Waals surface area contributed by atoms with Crippen LogP contribution in [0.5, 0.6) is 5.75 Å². The Bertz CT molecular complexity index is 913. The highest BCUT2D eigenvalue weighted by Gasteiger charge is 2.45. The van der Waals surface area contributed by atoms with E-state index in [1.165, 1.54) is 29.3 Å². The molecule has 3 aliphatic heterocycles. The fourth-order valence-corrected chi connectivity index (χ4v) is 6.25. The van der Waals surface area contributed by atoms with Crippen molar-refractivity contribution in [3.63, 3.8) is 0 Å². The van der Waals surface area contributed by atoms with Gasteiger partial charge in [-0.25, -0.2) is 0 Å². The fourth-order valence-electron chi connectivity index (χ4n) is 4.91. The SMILES string of the molecule is CCOc1cc([C@H]2[C@H](c3ccccn3)N=C3SC[C@@H](CC)N32)ccc1N1CCCC1. The van der Waals surface area contributed by atoms with Crippen LogP contribution >= 0.6 is 11.8 Å². The molecule has 3 atom stereocenters. The summed E-state index contributed by atoms with van der Waals surface area (Å²) in [6, 6.07) is 13.7. The zero-order chi connectivity index (χ0) is 20.5. The van der Waals surface area contributed by atoms with Gasteiger partial charge in [0.1, 0.15) is 11.8 Å². The van der Waals surface area contributed by atoms with E-state index < -0.39 is 0 Å². The van der Waals surface area contributed by atoms with Crippen molar-refractivity contribution >= 4 is 22.6 Å². The highest BCUT2D eigenvalue weighted by atomic mass is 32.2. The lowest BCUT2D eigenvalue weighted by molar-refractivity contribution is 0.254. The standard InChI is InChI=1S/C24H30N4OS/c1-3-18-16-30-24-26-22(19-9-5-6-12-25-19)23(28(18)24)17-10-11-20(21(15-17)29-4-2)27-13-7-8-14-27/h5-6,9-12,15,18,22-23H,3-4,7-8,13-14,16H2,1-2H3/t18-,22+,23+/m1/s1. The van der Waals surface area contributed by atoms with Gasteiger partial charge in [0.2, 0.25) is 0 Å². The van der Waals surface area contributed by atoms with Crippen LogP contribution in [0.4, 0.5) is 5.69 Å². The molecule has 0 bridgehead atoms. The van der Waals surface area contributed by atoms with Gasteiger partial charge in [-0.15, -0.1) is 0 Å². The predicted octanol–water partition coefficient (Wildman–Crippen LogP) is 5.06. The third kappa shape index (κ3) is 3.45. The molecule has 0 saturated carbocycles. The second-order valence-electron chi connectivity index (χ2n) is 8.19. The van der Waals surface area contributed by atoms with Gasteiger partial charge < -0.3 is 14.5 Å². The molecule has 0 unspecified atom stereocenters. The maximum absolute atomic E-state index is 6.14. The molecule has 3 aliphatic rings. The zero-order valence-corrected chi connectivity index (χ0v) is 18.6. The van der Waals surface area contributed by atoms with Gasteiger partial charge in [-0.2, -0.15) is 0 Å². The molecule has 6 heteroatoms. The molecule has 2 saturated heterocycles. The summed E-state index contributed by atoms with van der Waals surface area (Å²) in [6.07, 6.45) is 5.53. The van der Waals surface area contributed by atoms with Crippen LogP contribution in [0, 0.1) is 0 Å². The quantitative estimate of drug-likeness (QED) is 0.651. The van der Waals surface area contributed by atoms with E-state index in [4.69, 9.17) is 9.73 Å². The average molecular weight is 423 g/mol. The lowest BCUT2D eigenvalue weighted by atomic mass is 9.94. The molecule has 1 aromatic carbocycles. The van der Waals surface area contributed by atoms with Crippen LogP contribution < -0.4 is 9.64 Å². The second-order valence-corrected chi connectivity index (χ2v) is 9.18. The predicted molar refractivity (Wildman–Crippen MR) is 125 cm³/mol. The molecule has 0 aliphatic carbocycles. The summed E-state index contributed by atoms with van der Waals surface area (Å²) in [5.74, 6) is 2.12. The maximum Gasteiger partial charge on any atom is 0.160 e. The Morgan fingerprint density at radius 3 is 2.73 bits per heavy atom. The first-order valence-corrected chi connectivity index (χ1v) is 12.2. The molecule has 5 rings (SSSR count). The summed E-state index contributed by atoms with van der Waals surface area (Å²) in [5.41, 5.74) is 3.55. The summed E-state index contributed by atoms with van der Waals surface area (Å²) in [5, 5.41) is 1.17. The molecular weight excluding hydrogens is 392 g/mol. The number of hydrogen-bond donors (Lipinski definition) is 0. The van der Waals surface area contributed by atoms with Gasteiger partial charge >= 0.3 is 0 Å². The number of benzene rings is 1. The van der Waals surface area contributed by atoms with Crippen molar-refractivity contribution < 1.29 is 4.74 Å². The first kappa shape index (κ1) is 19.7. The van der Waals surface area contributed by atoms with Crippen LogP contribution in [0.3, 0.4) is 0 Å². The van der Waals surface area contributed by atoms with Gasteiger partial charge in [-0.1, -0.05) is 30.8 Å². The first-order chi connectivity index (χ1) is 14.8. The fraction of sp³-hybridized carbons (Fsp3) is 0.500. The number of aromatic nitrogens is 1. The van der Waals surface area contributed by atoms with E-state index in [-0.39, 0.29) is 12.1 Å². The largest absolute Gasteiger partial charge is 0.492 e. The van der Waals surface area contributed by atoms with E-state index in [2.05, 4.69) is 59.0 Å². The van der Waals surface area contributed by atoms with Crippen molar-refractivity contribution in [1.82, 2.24) is 9.88 Å².